The number of fused-ring (bicyclic) bond motifs is 1. The fourth-order valence-electron chi connectivity index (χ4n) is 3.59. The van der Waals surface area contributed by atoms with Crippen LogP contribution in [0.4, 0.5) is 0 Å². The maximum atomic E-state index is 11.5. The van der Waals surface area contributed by atoms with E-state index in [0.29, 0.717) is 24.9 Å². The Kier molecular flexibility index (Phi) is 3.66. The summed E-state index contributed by atoms with van der Waals surface area (Å²) in [6.45, 7) is 2.64. The third-order valence-corrected chi connectivity index (χ3v) is 5.37. The van der Waals surface area contributed by atoms with Crippen LogP contribution in [0, 0.1) is 5.92 Å². The van der Waals surface area contributed by atoms with Crippen molar-refractivity contribution in [3.8, 4) is 17.1 Å². The van der Waals surface area contributed by atoms with Crippen molar-refractivity contribution in [3.63, 3.8) is 0 Å². The molecule has 27 heavy (non-hydrogen) atoms. The van der Waals surface area contributed by atoms with Gasteiger partial charge in [0.05, 0.1) is 28.8 Å². The molecule has 8 heteroatoms. The van der Waals surface area contributed by atoms with E-state index in [-0.39, 0.29) is 17.9 Å². The fraction of sp³-hybridized carbons (Fsp3) is 0.474. The summed E-state index contributed by atoms with van der Waals surface area (Å²) in [4.78, 5) is 16.3. The molecule has 5 rings (SSSR count). The molecule has 3 aromatic heterocycles. The van der Waals surface area contributed by atoms with Crippen LogP contribution in [0.25, 0.3) is 22.2 Å². The lowest BCUT2D eigenvalue weighted by molar-refractivity contribution is -0.119. The van der Waals surface area contributed by atoms with Crippen molar-refractivity contribution in [2.24, 2.45) is 13.0 Å². The van der Waals surface area contributed by atoms with Crippen molar-refractivity contribution in [2.45, 2.75) is 38.3 Å². The highest BCUT2D eigenvalue weighted by molar-refractivity contribution is 5.86. The number of carbonyl (C=O) groups excluding carboxylic acids is 1. The number of ether oxygens (including phenoxy) is 1. The van der Waals surface area contributed by atoms with Gasteiger partial charge in [0.25, 0.3) is 0 Å². The molecule has 2 fully saturated rings. The van der Waals surface area contributed by atoms with Crippen LogP contribution < -0.4 is 10.1 Å². The van der Waals surface area contributed by atoms with Crippen LogP contribution in [0.2, 0.25) is 0 Å². The Morgan fingerprint density at radius 2 is 2.19 bits per heavy atom. The summed E-state index contributed by atoms with van der Waals surface area (Å²) in [6.07, 6.45) is 8.56. The number of aromatic nitrogens is 5. The van der Waals surface area contributed by atoms with E-state index in [1.807, 2.05) is 43.3 Å². The van der Waals surface area contributed by atoms with Crippen LogP contribution in [-0.2, 0) is 11.8 Å². The van der Waals surface area contributed by atoms with E-state index in [4.69, 9.17) is 9.72 Å². The number of nitrogens with one attached hydrogen (secondary N) is 1. The molecule has 2 atom stereocenters. The molecule has 3 aromatic rings. The summed E-state index contributed by atoms with van der Waals surface area (Å²) in [7, 11) is 1.89. The minimum atomic E-state index is -0.121. The molecule has 0 bridgehead atoms. The second-order valence-corrected chi connectivity index (χ2v) is 7.58. The standard InChI is InChI=1S/C19H22N6O2/c1-11(12-5-18(26)20-7-12)27-19-15-10-24(2)23-17(15)6-16(22-19)13-8-21-25(9-13)14-3-4-14/h6,8-12,14H,3-5,7H2,1-2H3,(H,20,26)/t11?,12-/m1/s1. The molecule has 1 aliphatic heterocycles. The normalized spacial score (nSPS) is 20.8. The summed E-state index contributed by atoms with van der Waals surface area (Å²) in [5.41, 5.74) is 2.60. The number of aryl methyl sites for hydroxylation is 1. The monoisotopic (exact) mass is 366 g/mol. The highest BCUT2D eigenvalue weighted by Gasteiger charge is 2.29. The maximum absolute atomic E-state index is 11.5. The lowest BCUT2D eigenvalue weighted by Gasteiger charge is -2.19. The van der Waals surface area contributed by atoms with E-state index in [1.165, 1.54) is 12.8 Å². The van der Waals surface area contributed by atoms with Crippen molar-refractivity contribution >= 4 is 16.8 Å². The van der Waals surface area contributed by atoms with E-state index in [1.54, 1.807) is 4.68 Å². The first kappa shape index (κ1) is 16.3. The molecule has 0 spiro atoms. The fourth-order valence-corrected chi connectivity index (χ4v) is 3.59. The molecule has 8 nitrogen and oxygen atoms in total. The lowest BCUT2D eigenvalue weighted by atomic mass is 10.0. The zero-order valence-electron chi connectivity index (χ0n) is 15.4. The molecular weight excluding hydrogens is 344 g/mol. The largest absolute Gasteiger partial charge is 0.474 e. The minimum Gasteiger partial charge on any atom is -0.474 e. The van der Waals surface area contributed by atoms with Gasteiger partial charge in [0.1, 0.15) is 6.10 Å². The summed E-state index contributed by atoms with van der Waals surface area (Å²) < 4.78 is 10.00. The van der Waals surface area contributed by atoms with Gasteiger partial charge in [-0.05, 0) is 25.8 Å². The SMILES string of the molecule is CC(Oc1nc(-c2cnn(C3CC3)c2)cc2nn(C)cc12)[C@H]1CNC(=O)C1. The molecule has 2 aliphatic rings. The Hall–Kier alpha value is -2.90. The predicted octanol–water partition coefficient (Wildman–Crippen LogP) is 2.07. The lowest BCUT2D eigenvalue weighted by Crippen LogP contribution is -2.26. The van der Waals surface area contributed by atoms with Gasteiger partial charge in [-0.25, -0.2) is 4.98 Å². The van der Waals surface area contributed by atoms with Crippen molar-refractivity contribution in [1.29, 1.82) is 0 Å². The van der Waals surface area contributed by atoms with Gasteiger partial charge >= 0.3 is 0 Å². The van der Waals surface area contributed by atoms with Crippen LogP contribution in [0.3, 0.4) is 0 Å². The van der Waals surface area contributed by atoms with E-state index in [2.05, 4.69) is 15.5 Å². The van der Waals surface area contributed by atoms with E-state index < -0.39 is 0 Å². The van der Waals surface area contributed by atoms with Crippen LogP contribution in [0.15, 0.2) is 24.7 Å². The van der Waals surface area contributed by atoms with Crippen LogP contribution in [0.1, 0.15) is 32.2 Å². The predicted molar refractivity (Wildman–Crippen MR) is 99.2 cm³/mol. The molecule has 0 aromatic carbocycles. The number of hydrogen-bond acceptors (Lipinski definition) is 5. The Labute approximate surface area is 156 Å². The van der Waals surface area contributed by atoms with Gasteiger partial charge < -0.3 is 10.1 Å². The number of rotatable bonds is 5. The zero-order chi connectivity index (χ0) is 18.5. The molecule has 1 N–H and O–H groups in total. The first-order chi connectivity index (χ1) is 13.1. The smallest absolute Gasteiger partial charge is 0.225 e. The molecule has 1 amide bonds. The second kappa shape index (κ2) is 6.07. The van der Waals surface area contributed by atoms with Crippen LogP contribution in [-0.4, -0.2) is 43.1 Å². The van der Waals surface area contributed by atoms with Gasteiger partial charge in [-0.15, -0.1) is 0 Å². The molecule has 1 saturated heterocycles. The van der Waals surface area contributed by atoms with E-state index in [0.717, 1.165) is 22.2 Å². The molecule has 1 saturated carbocycles. The van der Waals surface area contributed by atoms with Gasteiger partial charge in [0.2, 0.25) is 11.8 Å². The number of pyridine rings is 1. The number of carbonyl (C=O) groups is 1. The Morgan fingerprint density at radius 1 is 1.33 bits per heavy atom. The first-order valence-electron chi connectivity index (χ1n) is 9.39. The van der Waals surface area contributed by atoms with Crippen molar-refractivity contribution < 1.29 is 9.53 Å². The maximum Gasteiger partial charge on any atom is 0.225 e. The number of hydrogen-bond donors (Lipinski definition) is 1. The van der Waals surface area contributed by atoms with Gasteiger partial charge in [-0.3, -0.25) is 14.2 Å². The minimum absolute atomic E-state index is 0.0798. The van der Waals surface area contributed by atoms with E-state index in [9.17, 15) is 4.79 Å². The van der Waals surface area contributed by atoms with Gasteiger partial charge in [-0.1, -0.05) is 0 Å². The summed E-state index contributed by atoms with van der Waals surface area (Å²) in [5.74, 6) is 0.782. The first-order valence-corrected chi connectivity index (χ1v) is 9.39. The molecule has 140 valence electrons. The summed E-state index contributed by atoms with van der Waals surface area (Å²) in [6, 6.07) is 2.50. The topological polar surface area (TPSA) is 86.9 Å². The highest BCUT2D eigenvalue weighted by atomic mass is 16.5. The number of nitrogens with zero attached hydrogens (tertiary/aromatic N) is 5. The third kappa shape index (κ3) is 3.05. The van der Waals surface area contributed by atoms with Crippen molar-refractivity contribution in [2.75, 3.05) is 6.54 Å². The summed E-state index contributed by atoms with van der Waals surface area (Å²) in [5, 5.41) is 12.7. The zero-order valence-corrected chi connectivity index (χ0v) is 15.4. The van der Waals surface area contributed by atoms with Crippen molar-refractivity contribution in [1.82, 2.24) is 29.9 Å². The molecule has 0 radical (unpaired) electrons. The van der Waals surface area contributed by atoms with Gasteiger partial charge in [-0.2, -0.15) is 10.2 Å². The summed E-state index contributed by atoms with van der Waals surface area (Å²) >= 11 is 0. The van der Waals surface area contributed by atoms with Crippen LogP contribution >= 0.6 is 0 Å². The number of amides is 1. The highest BCUT2D eigenvalue weighted by Crippen LogP contribution is 2.36. The second-order valence-electron chi connectivity index (χ2n) is 7.58. The average molecular weight is 366 g/mol. The van der Waals surface area contributed by atoms with Crippen molar-refractivity contribution in [3.05, 3.63) is 24.7 Å². The Balaban J connectivity index is 1.50. The van der Waals surface area contributed by atoms with Gasteiger partial charge in [0, 0.05) is 43.9 Å². The molecule has 4 heterocycles. The molecular formula is C19H22N6O2. The van der Waals surface area contributed by atoms with E-state index >= 15 is 0 Å². The average Bonchev–Trinajstić information content (AvgIpc) is 3.04. The molecule has 1 unspecified atom stereocenters. The molecule has 1 aliphatic carbocycles. The Morgan fingerprint density at radius 3 is 2.93 bits per heavy atom. The quantitative estimate of drug-likeness (QED) is 0.747. The van der Waals surface area contributed by atoms with Gasteiger partial charge in [0.15, 0.2) is 0 Å². The Bertz CT molecular complexity index is 1020. The third-order valence-electron chi connectivity index (χ3n) is 5.37. The van der Waals surface area contributed by atoms with Crippen LogP contribution in [0.5, 0.6) is 5.88 Å².